The van der Waals surface area contributed by atoms with Crippen LogP contribution < -0.4 is 4.18 Å². The van der Waals surface area contributed by atoms with E-state index in [1.54, 1.807) is 24.5 Å². The number of nitrogens with zero attached hydrogens (tertiary/aromatic N) is 3. The molecule has 37 heavy (non-hydrogen) atoms. The second-order valence-electron chi connectivity index (χ2n) is 10.3. The van der Waals surface area contributed by atoms with E-state index in [-0.39, 0.29) is 28.5 Å². The van der Waals surface area contributed by atoms with Crippen LogP contribution in [0, 0.1) is 6.92 Å². The third-order valence-corrected chi connectivity index (χ3v) is 9.02. The normalized spacial score (nSPS) is 12.3. The molecule has 4 aromatic rings. The van der Waals surface area contributed by atoms with E-state index < -0.39 is 10.1 Å². The Morgan fingerprint density at radius 1 is 0.919 bits per heavy atom. The lowest BCUT2D eigenvalue weighted by molar-refractivity contribution is 0.475. The number of rotatable bonds is 8. The monoisotopic (exact) mass is 537 g/mol. The highest BCUT2D eigenvalue weighted by Gasteiger charge is 2.31. The lowest BCUT2D eigenvalue weighted by Gasteiger charge is -2.22. The quantitative estimate of drug-likeness (QED) is 0.214. The Hall–Kier alpha value is -2.84. The molecule has 8 heteroatoms. The second-order valence-corrected chi connectivity index (χ2v) is 13.0. The third kappa shape index (κ3) is 5.27. The van der Waals surface area contributed by atoms with E-state index in [2.05, 4.69) is 23.8 Å². The Morgan fingerprint density at radius 3 is 2.03 bits per heavy atom. The zero-order valence-corrected chi connectivity index (χ0v) is 24.4. The number of hydrogen-bond acceptors (Lipinski definition) is 7. The van der Waals surface area contributed by atoms with E-state index in [4.69, 9.17) is 9.17 Å². The van der Waals surface area contributed by atoms with Crippen LogP contribution in [0.5, 0.6) is 5.88 Å². The Morgan fingerprint density at radius 2 is 1.51 bits per heavy atom. The molecule has 0 aliphatic rings. The largest absolute Gasteiger partial charge is 0.357 e. The maximum absolute atomic E-state index is 14.1. The predicted octanol–water partition coefficient (Wildman–Crippen LogP) is 7.76. The summed E-state index contributed by atoms with van der Waals surface area (Å²) in [4.78, 5) is 15.6. The van der Waals surface area contributed by atoms with E-state index in [1.165, 1.54) is 11.3 Å². The summed E-state index contributed by atoms with van der Waals surface area (Å²) in [5.41, 5.74) is 4.42. The van der Waals surface area contributed by atoms with Crippen molar-refractivity contribution in [2.75, 3.05) is 0 Å². The summed E-state index contributed by atoms with van der Waals surface area (Å²) in [6, 6.07) is 7.64. The molecule has 0 amide bonds. The van der Waals surface area contributed by atoms with Crippen LogP contribution in [0.15, 0.2) is 41.6 Å². The molecule has 0 saturated heterocycles. The molecule has 6 nitrogen and oxygen atoms in total. The lowest BCUT2D eigenvalue weighted by atomic mass is 9.89. The van der Waals surface area contributed by atoms with Crippen molar-refractivity contribution in [2.24, 2.45) is 0 Å². The Balaban J connectivity index is 1.98. The summed E-state index contributed by atoms with van der Waals surface area (Å²) in [7, 11) is -4.21. The zero-order chi connectivity index (χ0) is 27.1. The number of aryl methyl sites for hydroxylation is 2. The van der Waals surface area contributed by atoms with Gasteiger partial charge in [0, 0.05) is 22.8 Å². The van der Waals surface area contributed by atoms with Gasteiger partial charge in [-0.25, -0.2) is 4.98 Å². The van der Waals surface area contributed by atoms with Gasteiger partial charge >= 0.3 is 10.1 Å². The first-order chi connectivity index (χ1) is 17.4. The van der Waals surface area contributed by atoms with Crippen molar-refractivity contribution in [1.82, 2.24) is 15.0 Å². The van der Waals surface area contributed by atoms with Gasteiger partial charge in [-0.1, -0.05) is 60.6 Å². The van der Waals surface area contributed by atoms with Gasteiger partial charge in [0.15, 0.2) is 5.82 Å². The molecule has 0 saturated carbocycles. The maximum Gasteiger partial charge on any atom is 0.341 e. The molecule has 3 heterocycles. The van der Waals surface area contributed by atoms with Crippen LogP contribution in [-0.2, 0) is 16.5 Å². The molecule has 3 aromatic heterocycles. The van der Waals surface area contributed by atoms with E-state index in [1.807, 2.05) is 53.7 Å². The van der Waals surface area contributed by atoms with Gasteiger partial charge in [-0.3, -0.25) is 4.98 Å². The minimum Gasteiger partial charge on any atom is -0.357 e. The Kier molecular flexibility index (Phi) is 7.72. The average molecular weight is 538 g/mol. The predicted molar refractivity (Wildman–Crippen MR) is 151 cm³/mol. The van der Waals surface area contributed by atoms with Crippen molar-refractivity contribution in [2.45, 2.75) is 84.5 Å². The lowest BCUT2D eigenvalue weighted by Crippen LogP contribution is -2.18. The van der Waals surface area contributed by atoms with Crippen molar-refractivity contribution in [3.05, 3.63) is 63.8 Å². The van der Waals surface area contributed by atoms with Gasteiger partial charge in [0.2, 0.25) is 5.88 Å². The van der Waals surface area contributed by atoms with E-state index in [9.17, 15) is 8.42 Å². The molecule has 0 atom stereocenters. The highest BCUT2D eigenvalue weighted by molar-refractivity contribution is 7.87. The first-order valence-electron chi connectivity index (χ1n) is 12.8. The highest BCUT2D eigenvalue weighted by atomic mass is 32.2. The summed E-state index contributed by atoms with van der Waals surface area (Å²) in [6.07, 6.45) is 4.05. The van der Waals surface area contributed by atoms with Crippen molar-refractivity contribution < 1.29 is 12.6 Å². The van der Waals surface area contributed by atoms with Gasteiger partial charge in [0.05, 0.1) is 5.39 Å². The molecule has 196 valence electrons. The van der Waals surface area contributed by atoms with Gasteiger partial charge < -0.3 is 4.18 Å². The van der Waals surface area contributed by atoms with Crippen molar-refractivity contribution in [1.29, 1.82) is 0 Å². The van der Waals surface area contributed by atoms with Crippen molar-refractivity contribution in [3.63, 3.8) is 0 Å². The van der Waals surface area contributed by atoms with Gasteiger partial charge in [-0.2, -0.15) is 13.4 Å². The summed E-state index contributed by atoms with van der Waals surface area (Å²) in [6.45, 7) is 16.4. The SMILES string of the molecule is CCc1c(C)sc2nc(-c3ccncc3)nc(OS(=O)(=O)c3c(C(C)C)cc(C(C)C)cc3C(C)C)c12. The zero-order valence-electron chi connectivity index (χ0n) is 22.8. The van der Waals surface area contributed by atoms with Gasteiger partial charge in [0.1, 0.15) is 9.73 Å². The molecule has 0 radical (unpaired) electrons. The van der Waals surface area contributed by atoms with E-state index in [0.29, 0.717) is 16.0 Å². The number of hydrogen-bond donors (Lipinski definition) is 0. The Bertz CT molecular complexity index is 1510. The average Bonchev–Trinajstić information content (AvgIpc) is 3.18. The standard InChI is InChI=1S/C29H35N3O3S2/c1-9-22-19(8)36-29-25(22)28(31-27(32-29)20-10-12-30-13-11-20)35-37(33,34)26-23(17(4)5)14-21(16(2)3)15-24(26)18(6)7/h10-18H,9H2,1-8H3. The smallest absolute Gasteiger partial charge is 0.341 e. The van der Waals surface area contributed by atoms with Crippen LogP contribution in [-0.4, -0.2) is 23.4 Å². The molecule has 0 bridgehead atoms. The molecule has 1 aromatic carbocycles. The van der Waals surface area contributed by atoms with Gasteiger partial charge in [-0.15, -0.1) is 11.3 Å². The molecule has 0 spiro atoms. The minimum atomic E-state index is -4.21. The number of thiophene rings is 1. The molecule has 0 fully saturated rings. The van der Waals surface area contributed by atoms with Crippen LogP contribution in [0.25, 0.3) is 21.6 Å². The minimum absolute atomic E-state index is 0.00281. The van der Waals surface area contributed by atoms with E-state index in [0.717, 1.165) is 39.1 Å². The number of pyridine rings is 1. The summed E-state index contributed by atoms with van der Waals surface area (Å²) < 4.78 is 34.3. The van der Waals surface area contributed by atoms with Crippen LogP contribution in [0.3, 0.4) is 0 Å². The molecular weight excluding hydrogens is 502 g/mol. The molecule has 4 rings (SSSR count). The number of benzene rings is 1. The first-order valence-corrected chi connectivity index (χ1v) is 15.0. The topological polar surface area (TPSA) is 82.0 Å². The maximum atomic E-state index is 14.1. The van der Waals surface area contributed by atoms with Crippen molar-refractivity contribution >= 4 is 31.7 Å². The summed E-state index contributed by atoms with van der Waals surface area (Å²) in [5, 5.41) is 0.669. The van der Waals surface area contributed by atoms with Crippen LogP contribution in [0.4, 0.5) is 0 Å². The third-order valence-electron chi connectivity index (χ3n) is 6.63. The van der Waals surface area contributed by atoms with Crippen molar-refractivity contribution in [3.8, 4) is 17.3 Å². The molecule has 0 unspecified atom stereocenters. The summed E-state index contributed by atoms with van der Waals surface area (Å²) >= 11 is 1.53. The number of aromatic nitrogens is 3. The van der Waals surface area contributed by atoms with Gasteiger partial charge in [0.25, 0.3) is 0 Å². The fourth-order valence-corrected chi connectivity index (χ4v) is 7.26. The fourth-order valence-electron chi connectivity index (χ4n) is 4.58. The molecule has 0 N–H and O–H groups in total. The van der Waals surface area contributed by atoms with Crippen LogP contribution in [0.2, 0.25) is 0 Å². The highest BCUT2D eigenvalue weighted by Crippen LogP contribution is 2.40. The molecular formula is C29H35N3O3S2. The van der Waals surface area contributed by atoms with Gasteiger partial charge in [-0.05, 0) is 65.5 Å². The summed E-state index contributed by atoms with van der Waals surface area (Å²) in [5.74, 6) is 0.759. The Labute approximate surface area is 224 Å². The molecule has 0 aliphatic heterocycles. The van der Waals surface area contributed by atoms with Crippen LogP contribution >= 0.6 is 11.3 Å². The number of fused-ring (bicyclic) bond motifs is 1. The fraction of sp³-hybridized carbons (Fsp3) is 0.414. The first kappa shape index (κ1) is 27.2. The van der Waals surface area contributed by atoms with Crippen LogP contribution in [0.1, 0.15) is 93.4 Å². The molecule has 0 aliphatic carbocycles. The van der Waals surface area contributed by atoms with E-state index >= 15 is 0 Å². The second kappa shape index (κ2) is 10.5.